The first-order chi connectivity index (χ1) is 20.9. The summed E-state index contributed by atoms with van der Waals surface area (Å²) in [6.45, 7) is 1.06. The number of rotatable bonds is 5. The number of amides is 1. The van der Waals surface area contributed by atoms with Gasteiger partial charge in [-0.15, -0.1) is 0 Å². The molecule has 15 heteroatoms. The molecule has 1 fully saturated rings. The smallest absolute Gasteiger partial charge is 0.424 e. The number of aliphatic hydroxyl groups excluding tert-OH is 1. The van der Waals surface area contributed by atoms with Gasteiger partial charge in [0.1, 0.15) is 35.7 Å². The molecule has 0 aliphatic carbocycles. The highest BCUT2D eigenvalue weighted by atomic mass is 35.5. The summed E-state index contributed by atoms with van der Waals surface area (Å²) in [5.74, 6) is -0.671. The number of pyridine rings is 1. The van der Waals surface area contributed by atoms with Crippen molar-refractivity contribution in [3.63, 3.8) is 0 Å². The van der Waals surface area contributed by atoms with Crippen LogP contribution < -0.4 is 4.74 Å². The second-order valence-electron chi connectivity index (χ2n) is 10.2. The Morgan fingerprint density at radius 3 is 2.61 bits per heavy atom. The minimum atomic E-state index is -4.69. The van der Waals surface area contributed by atoms with Crippen molar-refractivity contribution in [1.82, 2.24) is 29.4 Å². The van der Waals surface area contributed by atoms with E-state index in [1.807, 2.05) is 0 Å². The first-order valence-electron chi connectivity index (χ1n) is 13.3. The summed E-state index contributed by atoms with van der Waals surface area (Å²) in [6, 6.07) is 6.37. The molecule has 6 rings (SSSR count). The lowest BCUT2D eigenvalue weighted by molar-refractivity contribution is -0.141. The zero-order valence-electron chi connectivity index (χ0n) is 22.8. The van der Waals surface area contributed by atoms with E-state index in [1.54, 1.807) is 11.5 Å². The van der Waals surface area contributed by atoms with Gasteiger partial charge in [0, 0.05) is 41.4 Å². The molecule has 1 amide bonds. The van der Waals surface area contributed by atoms with Gasteiger partial charge >= 0.3 is 12.2 Å². The Bertz CT molecular complexity index is 1920. The topological polar surface area (TPSA) is 106 Å². The van der Waals surface area contributed by atoms with E-state index >= 15 is 8.78 Å². The van der Waals surface area contributed by atoms with Gasteiger partial charge in [0.05, 0.1) is 34.8 Å². The van der Waals surface area contributed by atoms with Gasteiger partial charge in [-0.2, -0.15) is 18.2 Å². The van der Waals surface area contributed by atoms with Crippen LogP contribution in [0.3, 0.4) is 0 Å². The molecule has 5 aromatic rings. The van der Waals surface area contributed by atoms with Gasteiger partial charge in [0.2, 0.25) is 5.91 Å². The number of nitrogens with zero attached hydrogens (tertiary/aromatic N) is 6. The van der Waals surface area contributed by atoms with Crippen LogP contribution in [-0.2, 0) is 11.0 Å². The SMILES string of the molecule is Cc1nc2cnc3cc(F)c(-c4ccc(Oc5nccc(C(F)(F)F)n5)cc4Cl)cc3c2n1C1CCN(C(=O)CO)CC1F. The lowest BCUT2D eigenvalue weighted by atomic mass is 10.00. The van der Waals surface area contributed by atoms with Crippen LogP contribution >= 0.6 is 11.6 Å². The molecule has 1 aliphatic rings. The monoisotopic (exact) mass is 632 g/mol. The van der Waals surface area contributed by atoms with Crippen LogP contribution in [0, 0.1) is 12.7 Å². The van der Waals surface area contributed by atoms with Crippen LogP contribution in [0.4, 0.5) is 22.0 Å². The minimum absolute atomic E-state index is 0.0250. The van der Waals surface area contributed by atoms with E-state index in [2.05, 4.69) is 19.9 Å². The molecule has 44 heavy (non-hydrogen) atoms. The zero-order valence-corrected chi connectivity index (χ0v) is 23.6. The molecule has 228 valence electrons. The Labute approximate surface area is 250 Å². The minimum Gasteiger partial charge on any atom is -0.424 e. The van der Waals surface area contributed by atoms with Crippen molar-refractivity contribution in [2.45, 2.75) is 31.7 Å². The molecule has 2 aromatic carbocycles. The van der Waals surface area contributed by atoms with Crippen molar-refractivity contribution in [1.29, 1.82) is 0 Å². The third-order valence-corrected chi connectivity index (χ3v) is 7.78. The van der Waals surface area contributed by atoms with Crippen LogP contribution in [0.5, 0.6) is 11.8 Å². The first kappa shape index (κ1) is 29.6. The van der Waals surface area contributed by atoms with Crippen LogP contribution in [0.15, 0.2) is 48.8 Å². The highest BCUT2D eigenvalue weighted by Crippen LogP contribution is 2.39. The Morgan fingerprint density at radius 1 is 1.11 bits per heavy atom. The summed E-state index contributed by atoms with van der Waals surface area (Å²) in [5.41, 5.74) is 0.444. The normalized spacial score (nSPS) is 17.4. The number of fused-ring (bicyclic) bond motifs is 3. The average molecular weight is 633 g/mol. The fourth-order valence-corrected chi connectivity index (χ4v) is 5.74. The summed E-state index contributed by atoms with van der Waals surface area (Å²) in [4.78, 5) is 29.2. The number of piperidine rings is 1. The van der Waals surface area contributed by atoms with Crippen molar-refractivity contribution in [3.05, 3.63) is 71.2 Å². The Balaban J connectivity index is 1.38. The predicted molar refractivity (Wildman–Crippen MR) is 149 cm³/mol. The molecule has 0 radical (unpaired) electrons. The van der Waals surface area contributed by atoms with Gasteiger partial charge in [0.25, 0.3) is 0 Å². The van der Waals surface area contributed by atoms with E-state index in [9.17, 15) is 23.1 Å². The number of aliphatic hydroxyl groups is 1. The van der Waals surface area contributed by atoms with E-state index in [1.165, 1.54) is 41.4 Å². The molecule has 1 N–H and O–H groups in total. The maximum absolute atomic E-state index is 15.5. The molecule has 2 unspecified atom stereocenters. The quantitative estimate of drug-likeness (QED) is 0.235. The van der Waals surface area contributed by atoms with Crippen LogP contribution in [0.1, 0.15) is 24.0 Å². The van der Waals surface area contributed by atoms with E-state index < -0.39 is 48.4 Å². The summed E-state index contributed by atoms with van der Waals surface area (Å²) < 4.78 is 77.1. The summed E-state index contributed by atoms with van der Waals surface area (Å²) in [6.07, 6.45) is -3.49. The molecule has 0 spiro atoms. The fraction of sp³-hybridized carbons (Fsp3) is 0.276. The van der Waals surface area contributed by atoms with Gasteiger partial charge in [-0.05, 0) is 37.6 Å². The largest absolute Gasteiger partial charge is 0.433 e. The molecule has 0 saturated carbocycles. The predicted octanol–water partition coefficient (Wildman–Crippen LogP) is 6.06. The number of likely N-dealkylation sites (tertiary alicyclic amines) is 1. The molecule has 4 heterocycles. The number of aromatic nitrogens is 5. The highest BCUT2D eigenvalue weighted by Gasteiger charge is 2.35. The number of imidazole rings is 1. The summed E-state index contributed by atoms with van der Waals surface area (Å²) in [7, 11) is 0. The molecule has 3 aromatic heterocycles. The molecule has 1 aliphatic heterocycles. The molecule has 9 nitrogen and oxygen atoms in total. The zero-order chi connectivity index (χ0) is 31.3. The summed E-state index contributed by atoms with van der Waals surface area (Å²) >= 11 is 6.50. The van der Waals surface area contributed by atoms with Crippen LogP contribution in [0.2, 0.25) is 5.02 Å². The second kappa shape index (κ2) is 11.2. The second-order valence-corrected chi connectivity index (χ2v) is 10.6. The van der Waals surface area contributed by atoms with Crippen molar-refractivity contribution in [3.8, 4) is 22.9 Å². The third-order valence-electron chi connectivity index (χ3n) is 7.47. The maximum atomic E-state index is 15.5. The number of carbonyl (C=O) groups excluding carboxylic acids is 1. The number of aryl methyl sites for hydroxylation is 1. The number of halogens is 6. The number of ether oxygens (including phenoxy) is 1. The van der Waals surface area contributed by atoms with Gasteiger partial charge in [0.15, 0.2) is 5.69 Å². The Morgan fingerprint density at radius 2 is 1.91 bits per heavy atom. The van der Waals surface area contributed by atoms with Gasteiger partial charge < -0.3 is 19.3 Å². The highest BCUT2D eigenvalue weighted by molar-refractivity contribution is 6.33. The number of carbonyl (C=O) groups is 1. The molecule has 2 atom stereocenters. The standard InChI is InChI=1S/C29H22ClF5N6O3/c1-14-38-23-11-37-22-10-20(31)17(9-18(22)27(23)41(14)24-5-7-40(12-21(24)32)26(43)13-42)16-3-2-15(8-19(16)30)44-28-36-6-4-25(39-28)29(33,34)35/h2-4,6,8-11,21,24,42H,5,7,12-13H2,1H3. The third kappa shape index (κ3) is 5.39. The van der Waals surface area contributed by atoms with E-state index in [-0.39, 0.29) is 41.4 Å². The van der Waals surface area contributed by atoms with Gasteiger partial charge in [-0.25, -0.2) is 18.7 Å². The number of hydrogen-bond acceptors (Lipinski definition) is 7. The van der Waals surface area contributed by atoms with E-state index in [0.29, 0.717) is 33.8 Å². The first-order valence-corrected chi connectivity index (χ1v) is 13.7. The van der Waals surface area contributed by atoms with Crippen molar-refractivity contribution >= 4 is 39.4 Å². The van der Waals surface area contributed by atoms with E-state index in [0.717, 1.165) is 6.20 Å². The number of benzene rings is 2. The van der Waals surface area contributed by atoms with Crippen LogP contribution in [0.25, 0.3) is 33.1 Å². The Kier molecular flexibility index (Phi) is 7.58. The van der Waals surface area contributed by atoms with Gasteiger partial charge in [-0.3, -0.25) is 9.78 Å². The van der Waals surface area contributed by atoms with Crippen molar-refractivity contribution in [2.24, 2.45) is 0 Å². The van der Waals surface area contributed by atoms with Crippen molar-refractivity contribution in [2.75, 3.05) is 19.7 Å². The molecule has 1 saturated heterocycles. The molecular formula is C29H22ClF5N6O3. The Hall–Kier alpha value is -4.43. The number of hydrogen-bond donors (Lipinski definition) is 1. The maximum Gasteiger partial charge on any atom is 0.433 e. The van der Waals surface area contributed by atoms with Crippen molar-refractivity contribution < 1.29 is 36.6 Å². The van der Waals surface area contributed by atoms with Gasteiger partial charge in [-0.1, -0.05) is 11.6 Å². The van der Waals surface area contributed by atoms with Crippen LogP contribution in [-0.4, -0.2) is 66.3 Å². The number of alkyl halides is 4. The van der Waals surface area contributed by atoms with E-state index in [4.69, 9.17) is 16.3 Å². The lowest BCUT2D eigenvalue weighted by Gasteiger charge is -2.35. The fourth-order valence-electron chi connectivity index (χ4n) is 5.47. The lowest BCUT2D eigenvalue weighted by Crippen LogP contribution is -2.46. The summed E-state index contributed by atoms with van der Waals surface area (Å²) in [5, 5.41) is 9.69. The average Bonchev–Trinajstić information content (AvgIpc) is 3.32. The molecule has 0 bridgehead atoms. The molecular weight excluding hydrogens is 611 g/mol.